The fraction of sp³-hybridized carbons (Fsp3) is 0.267. The summed E-state index contributed by atoms with van der Waals surface area (Å²) in [6.45, 7) is 2.05. The number of ether oxygens (including phenoxy) is 1. The Morgan fingerprint density at radius 2 is 2.11 bits per heavy atom. The maximum atomic E-state index is 5.35. The number of pyridine rings is 1. The van der Waals surface area contributed by atoms with Crippen LogP contribution in [0.15, 0.2) is 42.6 Å². The highest BCUT2D eigenvalue weighted by Crippen LogP contribution is 2.30. The Balaban J connectivity index is 2.16. The summed E-state index contributed by atoms with van der Waals surface area (Å²) in [5.41, 5.74) is 3.45. The summed E-state index contributed by atoms with van der Waals surface area (Å²) in [6.07, 6.45) is 2.69. The molecule has 0 saturated heterocycles. The SMILES string of the molecule is COc1cc(C(Br)Cc2ccccn2)ccc1C. The first-order valence-corrected chi connectivity index (χ1v) is 6.81. The van der Waals surface area contributed by atoms with Gasteiger partial charge in [0.05, 0.1) is 7.11 Å². The number of benzene rings is 1. The predicted octanol–water partition coefficient (Wildman–Crippen LogP) is 4.08. The average Bonchev–Trinajstić information content (AvgIpc) is 2.40. The number of halogens is 1. The van der Waals surface area contributed by atoms with E-state index in [1.807, 2.05) is 31.3 Å². The Bertz CT molecular complexity index is 513. The second-order valence-corrected chi connectivity index (χ2v) is 5.33. The quantitative estimate of drug-likeness (QED) is 0.794. The van der Waals surface area contributed by atoms with Gasteiger partial charge in [0.15, 0.2) is 0 Å². The molecule has 94 valence electrons. The zero-order chi connectivity index (χ0) is 13.0. The van der Waals surface area contributed by atoms with Crippen LogP contribution in [0.4, 0.5) is 0 Å². The summed E-state index contributed by atoms with van der Waals surface area (Å²) in [6, 6.07) is 12.3. The molecule has 18 heavy (non-hydrogen) atoms. The monoisotopic (exact) mass is 305 g/mol. The van der Waals surface area contributed by atoms with E-state index in [9.17, 15) is 0 Å². The van der Waals surface area contributed by atoms with E-state index in [1.54, 1.807) is 7.11 Å². The molecule has 1 aromatic heterocycles. The number of nitrogens with zero attached hydrogens (tertiary/aromatic N) is 1. The molecule has 0 radical (unpaired) electrons. The highest BCUT2D eigenvalue weighted by atomic mass is 79.9. The third-order valence-corrected chi connectivity index (χ3v) is 3.76. The number of hydrogen-bond donors (Lipinski definition) is 0. The van der Waals surface area contributed by atoms with Crippen LogP contribution < -0.4 is 4.74 Å². The molecular formula is C15H16BrNO. The van der Waals surface area contributed by atoms with Crippen LogP contribution in [0.25, 0.3) is 0 Å². The van der Waals surface area contributed by atoms with Crippen LogP contribution in [0.5, 0.6) is 5.75 Å². The minimum absolute atomic E-state index is 0.252. The van der Waals surface area contributed by atoms with Crippen LogP contribution in [-0.2, 0) is 6.42 Å². The van der Waals surface area contributed by atoms with Gasteiger partial charge in [0.1, 0.15) is 5.75 Å². The van der Waals surface area contributed by atoms with Crippen molar-refractivity contribution in [3.8, 4) is 5.75 Å². The molecule has 0 fully saturated rings. The Labute approximate surface area is 116 Å². The van der Waals surface area contributed by atoms with Gasteiger partial charge >= 0.3 is 0 Å². The summed E-state index contributed by atoms with van der Waals surface area (Å²) in [4.78, 5) is 4.59. The fourth-order valence-electron chi connectivity index (χ4n) is 1.85. The van der Waals surface area contributed by atoms with Crippen molar-refractivity contribution in [3.63, 3.8) is 0 Å². The number of hydrogen-bond acceptors (Lipinski definition) is 2. The largest absolute Gasteiger partial charge is 0.496 e. The molecule has 0 aliphatic rings. The molecule has 1 aromatic carbocycles. The lowest BCUT2D eigenvalue weighted by atomic mass is 10.1. The predicted molar refractivity (Wildman–Crippen MR) is 77.3 cm³/mol. The molecule has 1 unspecified atom stereocenters. The van der Waals surface area contributed by atoms with Crippen molar-refractivity contribution in [1.82, 2.24) is 4.98 Å². The Kier molecular flexibility index (Phi) is 4.37. The third-order valence-electron chi connectivity index (χ3n) is 2.91. The summed E-state index contributed by atoms with van der Waals surface area (Å²) in [5.74, 6) is 0.929. The molecule has 0 amide bonds. The second kappa shape index (κ2) is 6.01. The maximum absolute atomic E-state index is 5.35. The van der Waals surface area contributed by atoms with Gasteiger partial charge in [0.2, 0.25) is 0 Å². The molecule has 0 saturated carbocycles. The van der Waals surface area contributed by atoms with Gasteiger partial charge in [0.25, 0.3) is 0 Å². The molecule has 2 nitrogen and oxygen atoms in total. The maximum Gasteiger partial charge on any atom is 0.122 e. The van der Waals surface area contributed by atoms with Crippen molar-refractivity contribution in [1.29, 1.82) is 0 Å². The van der Waals surface area contributed by atoms with Crippen molar-refractivity contribution >= 4 is 15.9 Å². The van der Waals surface area contributed by atoms with Crippen molar-refractivity contribution in [3.05, 3.63) is 59.4 Å². The first-order chi connectivity index (χ1) is 8.70. The van der Waals surface area contributed by atoms with E-state index >= 15 is 0 Å². The summed E-state index contributed by atoms with van der Waals surface area (Å²) in [5, 5.41) is 0. The molecule has 2 aromatic rings. The molecule has 0 N–H and O–H groups in total. The fourth-order valence-corrected chi connectivity index (χ4v) is 2.47. The van der Waals surface area contributed by atoms with E-state index in [0.717, 1.165) is 23.4 Å². The van der Waals surface area contributed by atoms with Crippen LogP contribution in [-0.4, -0.2) is 12.1 Å². The molecule has 2 rings (SSSR count). The van der Waals surface area contributed by atoms with Crippen LogP contribution >= 0.6 is 15.9 Å². The van der Waals surface area contributed by atoms with E-state index in [4.69, 9.17) is 4.74 Å². The van der Waals surface area contributed by atoms with Gasteiger partial charge in [-0.05, 0) is 36.2 Å². The summed E-state index contributed by atoms with van der Waals surface area (Å²) >= 11 is 3.72. The number of rotatable bonds is 4. The molecule has 1 atom stereocenters. The molecule has 3 heteroatoms. The van der Waals surface area contributed by atoms with Gasteiger partial charge in [-0.3, -0.25) is 4.98 Å². The number of alkyl halides is 1. The smallest absolute Gasteiger partial charge is 0.122 e. The van der Waals surface area contributed by atoms with Crippen LogP contribution in [0, 0.1) is 6.92 Å². The molecule has 0 bridgehead atoms. The van der Waals surface area contributed by atoms with E-state index in [1.165, 1.54) is 5.56 Å². The number of aryl methyl sites for hydroxylation is 1. The molecule has 0 aliphatic heterocycles. The minimum atomic E-state index is 0.252. The van der Waals surface area contributed by atoms with Crippen molar-refractivity contribution in [2.24, 2.45) is 0 Å². The van der Waals surface area contributed by atoms with Crippen LogP contribution in [0.2, 0.25) is 0 Å². The standard InChI is InChI=1S/C15H16BrNO/c1-11-6-7-12(9-15(11)18-2)14(16)10-13-5-3-4-8-17-13/h3-9,14H,10H2,1-2H3. The Morgan fingerprint density at radius 3 is 2.78 bits per heavy atom. The van der Waals surface area contributed by atoms with E-state index < -0.39 is 0 Å². The van der Waals surface area contributed by atoms with Gasteiger partial charge in [-0.2, -0.15) is 0 Å². The lowest BCUT2D eigenvalue weighted by molar-refractivity contribution is 0.411. The van der Waals surface area contributed by atoms with Gasteiger partial charge < -0.3 is 4.74 Å². The van der Waals surface area contributed by atoms with Crippen molar-refractivity contribution < 1.29 is 4.74 Å². The van der Waals surface area contributed by atoms with Crippen molar-refractivity contribution in [2.75, 3.05) is 7.11 Å². The third kappa shape index (κ3) is 3.10. The zero-order valence-corrected chi connectivity index (χ0v) is 12.1. The van der Waals surface area contributed by atoms with E-state index in [0.29, 0.717) is 0 Å². The first-order valence-electron chi connectivity index (χ1n) is 5.89. The highest BCUT2D eigenvalue weighted by molar-refractivity contribution is 9.09. The first kappa shape index (κ1) is 13.1. The number of aromatic nitrogens is 1. The van der Waals surface area contributed by atoms with Gasteiger partial charge in [0, 0.05) is 23.1 Å². The van der Waals surface area contributed by atoms with E-state index in [-0.39, 0.29) is 4.83 Å². The molecular weight excluding hydrogens is 290 g/mol. The summed E-state index contributed by atoms with van der Waals surface area (Å²) in [7, 11) is 1.70. The molecule has 0 aliphatic carbocycles. The van der Waals surface area contributed by atoms with Crippen molar-refractivity contribution in [2.45, 2.75) is 18.2 Å². The van der Waals surface area contributed by atoms with Gasteiger partial charge in [-0.25, -0.2) is 0 Å². The minimum Gasteiger partial charge on any atom is -0.496 e. The Hall–Kier alpha value is -1.35. The summed E-state index contributed by atoms with van der Waals surface area (Å²) < 4.78 is 5.35. The number of methoxy groups -OCH3 is 1. The van der Waals surface area contributed by atoms with Crippen LogP contribution in [0.1, 0.15) is 21.6 Å². The van der Waals surface area contributed by atoms with Gasteiger partial charge in [-0.15, -0.1) is 0 Å². The molecule has 0 spiro atoms. The van der Waals surface area contributed by atoms with Gasteiger partial charge in [-0.1, -0.05) is 34.1 Å². The Morgan fingerprint density at radius 1 is 1.28 bits per heavy atom. The topological polar surface area (TPSA) is 22.1 Å². The highest BCUT2D eigenvalue weighted by Gasteiger charge is 2.11. The lowest BCUT2D eigenvalue weighted by Crippen LogP contribution is -1.98. The average molecular weight is 306 g/mol. The second-order valence-electron chi connectivity index (χ2n) is 4.22. The lowest BCUT2D eigenvalue weighted by Gasteiger charge is -2.12. The van der Waals surface area contributed by atoms with Crippen LogP contribution in [0.3, 0.4) is 0 Å². The molecule has 1 heterocycles. The van der Waals surface area contributed by atoms with E-state index in [2.05, 4.69) is 39.1 Å². The normalized spacial score (nSPS) is 12.2. The zero-order valence-electron chi connectivity index (χ0n) is 10.6.